The second kappa shape index (κ2) is 9.80. The van der Waals surface area contributed by atoms with Crippen LogP contribution in [0, 0.1) is 0 Å². The number of nitrogens with one attached hydrogen (secondary N) is 1. The van der Waals surface area contributed by atoms with Crippen LogP contribution in [0.4, 0.5) is 5.69 Å². The molecule has 0 aliphatic carbocycles. The van der Waals surface area contributed by atoms with Gasteiger partial charge in [-0.2, -0.15) is 0 Å². The Bertz CT molecular complexity index is 761. The maximum Gasteiger partial charge on any atom is 0.255 e. The Balaban J connectivity index is 1.85. The van der Waals surface area contributed by atoms with Gasteiger partial charge in [0.25, 0.3) is 5.91 Å². The van der Waals surface area contributed by atoms with Crippen LogP contribution in [-0.4, -0.2) is 30.2 Å². The number of anilines is 1. The van der Waals surface area contributed by atoms with Crippen LogP contribution >= 0.6 is 23.2 Å². The molecule has 0 saturated heterocycles. The van der Waals surface area contributed by atoms with Crippen molar-refractivity contribution < 1.29 is 14.6 Å². The predicted octanol–water partition coefficient (Wildman–Crippen LogP) is 2.69. The van der Waals surface area contributed by atoms with Gasteiger partial charge in [0.2, 0.25) is 0 Å². The Hall–Kier alpha value is -1.99. The molecule has 6 nitrogen and oxygen atoms in total. The van der Waals surface area contributed by atoms with Crippen molar-refractivity contribution in [1.29, 1.82) is 0 Å². The molecule has 0 aliphatic heterocycles. The lowest BCUT2D eigenvalue weighted by atomic mass is 10.1. The molecule has 0 bridgehead atoms. The zero-order chi connectivity index (χ0) is 20.0. The summed E-state index contributed by atoms with van der Waals surface area (Å²) in [6, 6.07) is 10.8. The molecule has 146 valence electrons. The molecule has 1 amide bonds. The Morgan fingerprint density at radius 3 is 2.37 bits per heavy atom. The average Bonchev–Trinajstić information content (AvgIpc) is 2.63. The molecular formula is C19H23Cl2N3O3. The van der Waals surface area contributed by atoms with Gasteiger partial charge in [-0.1, -0.05) is 35.3 Å². The van der Waals surface area contributed by atoms with E-state index in [0.717, 1.165) is 12.0 Å². The van der Waals surface area contributed by atoms with Gasteiger partial charge >= 0.3 is 0 Å². The third-order valence-corrected chi connectivity index (χ3v) is 4.62. The molecule has 0 saturated carbocycles. The van der Waals surface area contributed by atoms with E-state index in [1.54, 1.807) is 24.3 Å². The normalized spacial score (nSPS) is 13.2. The number of amides is 1. The van der Waals surface area contributed by atoms with Gasteiger partial charge in [-0.05, 0) is 48.7 Å². The Morgan fingerprint density at radius 1 is 1.22 bits per heavy atom. The maximum absolute atomic E-state index is 10.7. The number of aliphatic hydroxyl groups excluding tert-OH is 1. The number of hydrogen-bond donors (Lipinski definition) is 4. The van der Waals surface area contributed by atoms with E-state index in [1.807, 2.05) is 19.1 Å². The molecule has 8 heteroatoms. The van der Waals surface area contributed by atoms with Crippen molar-refractivity contribution in [3.63, 3.8) is 0 Å². The summed E-state index contributed by atoms with van der Waals surface area (Å²) in [6.45, 7) is 2.22. The maximum atomic E-state index is 10.7. The molecule has 2 rings (SSSR count). The summed E-state index contributed by atoms with van der Waals surface area (Å²) < 4.78 is 5.23. The van der Waals surface area contributed by atoms with Gasteiger partial charge < -0.3 is 26.6 Å². The standard InChI is InChI=1S/C19H23Cl2N3O3/c1-11(6-12-2-4-14(5-3-12)27-10-18(22)26)24-9-17(25)13-7-15(20)19(23)16(21)8-13/h2-5,7-8,11,17,24-25H,6,9-10,23H2,1H3,(H2,22,26). The molecule has 0 aliphatic rings. The van der Waals surface area contributed by atoms with E-state index in [2.05, 4.69) is 5.32 Å². The van der Waals surface area contributed by atoms with Crippen LogP contribution in [0.2, 0.25) is 10.0 Å². The Kier molecular flexibility index (Phi) is 7.74. The summed E-state index contributed by atoms with van der Waals surface area (Å²) in [7, 11) is 0. The summed E-state index contributed by atoms with van der Waals surface area (Å²) in [6.07, 6.45) is -0.000807. The number of carbonyl (C=O) groups is 1. The minimum atomic E-state index is -0.757. The smallest absolute Gasteiger partial charge is 0.255 e. The van der Waals surface area contributed by atoms with Gasteiger partial charge in [-0.25, -0.2) is 0 Å². The monoisotopic (exact) mass is 411 g/mol. The number of carbonyl (C=O) groups excluding carboxylic acids is 1. The SMILES string of the molecule is CC(Cc1ccc(OCC(N)=O)cc1)NCC(O)c1cc(Cl)c(N)c(Cl)c1. The fraction of sp³-hybridized carbons (Fsp3) is 0.316. The minimum Gasteiger partial charge on any atom is -0.484 e. The number of primary amides is 1. The molecule has 2 aromatic carbocycles. The highest BCUT2D eigenvalue weighted by Crippen LogP contribution is 2.31. The van der Waals surface area contributed by atoms with Crippen molar-refractivity contribution in [2.45, 2.75) is 25.5 Å². The molecule has 2 aromatic rings. The van der Waals surface area contributed by atoms with E-state index >= 15 is 0 Å². The summed E-state index contributed by atoms with van der Waals surface area (Å²) in [5.74, 6) is 0.0739. The number of hydrogen-bond acceptors (Lipinski definition) is 5. The number of benzene rings is 2. The van der Waals surface area contributed by atoms with Crippen molar-refractivity contribution >= 4 is 34.8 Å². The van der Waals surface area contributed by atoms with E-state index in [4.69, 9.17) is 39.4 Å². The van der Waals surface area contributed by atoms with Crippen molar-refractivity contribution in [2.24, 2.45) is 5.73 Å². The lowest BCUT2D eigenvalue weighted by Crippen LogP contribution is -2.32. The molecule has 0 fully saturated rings. The van der Waals surface area contributed by atoms with Crippen LogP contribution in [0.15, 0.2) is 36.4 Å². The zero-order valence-corrected chi connectivity index (χ0v) is 16.4. The zero-order valence-electron chi connectivity index (χ0n) is 14.9. The van der Waals surface area contributed by atoms with Crippen LogP contribution in [0.25, 0.3) is 0 Å². The molecular weight excluding hydrogens is 389 g/mol. The van der Waals surface area contributed by atoms with Crippen molar-refractivity contribution in [2.75, 3.05) is 18.9 Å². The number of nitrogen functional groups attached to an aromatic ring is 1. The summed E-state index contributed by atoms with van der Waals surface area (Å²) >= 11 is 12.0. The number of aliphatic hydroxyl groups is 1. The first-order valence-corrected chi connectivity index (χ1v) is 9.17. The first-order valence-electron chi connectivity index (χ1n) is 8.42. The molecule has 0 heterocycles. The molecule has 27 heavy (non-hydrogen) atoms. The third kappa shape index (κ3) is 6.59. The van der Waals surface area contributed by atoms with Crippen LogP contribution in [-0.2, 0) is 11.2 Å². The molecule has 2 unspecified atom stereocenters. The van der Waals surface area contributed by atoms with Gasteiger partial charge in [-0.3, -0.25) is 4.79 Å². The quantitative estimate of drug-likeness (QED) is 0.474. The molecule has 0 spiro atoms. The second-order valence-corrected chi connectivity index (χ2v) is 7.14. The summed E-state index contributed by atoms with van der Waals surface area (Å²) in [5.41, 5.74) is 12.8. The Morgan fingerprint density at radius 2 is 1.81 bits per heavy atom. The van der Waals surface area contributed by atoms with E-state index < -0.39 is 12.0 Å². The van der Waals surface area contributed by atoms with Gasteiger partial charge in [0.1, 0.15) is 5.75 Å². The fourth-order valence-corrected chi connectivity index (χ4v) is 3.03. The molecule has 6 N–H and O–H groups in total. The number of ether oxygens (including phenoxy) is 1. The highest BCUT2D eigenvalue weighted by Gasteiger charge is 2.13. The lowest BCUT2D eigenvalue weighted by molar-refractivity contribution is -0.119. The highest BCUT2D eigenvalue weighted by molar-refractivity contribution is 6.38. The summed E-state index contributed by atoms with van der Waals surface area (Å²) in [5, 5.41) is 14.3. The van der Waals surface area contributed by atoms with Crippen molar-refractivity contribution in [3.05, 3.63) is 57.6 Å². The van der Waals surface area contributed by atoms with Crippen LogP contribution in [0.1, 0.15) is 24.2 Å². The third-order valence-electron chi connectivity index (χ3n) is 3.99. The molecule has 2 atom stereocenters. The Labute approximate surface area is 168 Å². The van der Waals surface area contributed by atoms with Gasteiger partial charge in [0.05, 0.1) is 21.8 Å². The van der Waals surface area contributed by atoms with Gasteiger partial charge in [0.15, 0.2) is 6.61 Å². The topological polar surface area (TPSA) is 111 Å². The van der Waals surface area contributed by atoms with Crippen LogP contribution < -0.4 is 21.5 Å². The van der Waals surface area contributed by atoms with Crippen LogP contribution in [0.5, 0.6) is 5.75 Å². The molecule has 0 aromatic heterocycles. The molecule has 0 radical (unpaired) electrons. The lowest BCUT2D eigenvalue weighted by Gasteiger charge is -2.18. The van der Waals surface area contributed by atoms with E-state index in [9.17, 15) is 9.90 Å². The average molecular weight is 412 g/mol. The van der Waals surface area contributed by atoms with E-state index in [0.29, 0.717) is 33.6 Å². The number of rotatable bonds is 9. The highest BCUT2D eigenvalue weighted by atomic mass is 35.5. The summed E-state index contributed by atoms with van der Waals surface area (Å²) in [4.78, 5) is 10.7. The van der Waals surface area contributed by atoms with Crippen LogP contribution in [0.3, 0.4) is 0 Å². The van der Waals surface area contributed by atoms with Crippen molar-refractivity contribution in [1.82, 2.24) is 5.32 Å². The van der Waals surface area contributed by atoms with Gasteiger partial charge in [-0.15, -0.1) is 0 Å². The number of halogens is 2. The second-order valence-electron chi connectivity index (χ2n) is 6.33. The first-order chi connectivity index (χ1) is 12.8. The van der Waals surface area contributed by atoms with Crippen molar-refractivity contribution in [3.8, 4) is 5.75 Å². The van der Waals surface area contributed by atoms with E-state index in [-0.39, 0.29) is 12.6 Å². The minimum absolute atomic E-state index is 0.122. The fourth-order valence-electron chi connectivity index (χ4n) is 2.53. The predicted molar refractivity (Wildman–Crippen MR) is 108 cm³/mol. The van der Waals surface area contributed by atoms with Gasteiger partial charge in [0, 0.05) is 12.6 Å². The number of nitrogens with two attached hydrogens (primary N) is 2. The van der Waals surface area contributed by atoms with E-state index in [1.165, 1.54) is 0 Å². The first kappa shape index (κ1) is 21.3. The largest absolute Gasteiger partial charge is 0.484 e.